The minimum atomic E-state index is -0.000602. The SMILES string of the molecule is C=C(C)[C@@H]1CCC(C)=C[C@H]1c1c(O)cc(Br)cc1O. The summed E-state index contributed by atoms with van der Waals surface area (Å²) in [6, 6.07) is 3.25. The van der Waals surface area contributed by atoms with Crippen molar-refractivity contribution in [1.29, 1.82) is 0 Å². The highest BCUT2D eigenvalue weighted by molar-refractivity contribution is 9.10. The Morgan fingerprint density at radius 1 is 1.32 bits per heavy atom. The molecule has 3 heteroatoms. The molecule has 2 N–H and O–H groups in total. The third kappa shape index (κ3) is 2.86. The van der Waals surface area contributed by atoms with Crippen molar-refractivity contribution in [1.82, 2.24) is 0 Å². The minimum Gasteiger partial charge on any atom is -0.507 e. The molecule has 0 saturated carbocycles. The van der Waals surface area contributed by atoms with E-state index in [1.165, 1.54) is 5.57 Å². The Hall–Kier alpha value is -1.22. The zero-order valence-corrected chi connectivity index (χ0v) is 12.9. The van der Waals surface area contributed by atoms with Crippen LogP contribution in [-0.4, -0.2) is 10.2 Å². The fourth-order valence-electron chi connectivity index (χ4n) is 2.84. The van der Waals surface area contributed by atoms with Crippen LogP contribution < -0.4 is 0 Å². The summed E-state index contributed by atoms with van der Waals surface area (Å²) in [5.74, 6) is 0.532. The maximum Gasteiger partial charge on any atom is 0.124 e. The molecule has 0 fully saturated rings. The Kier molecular flexibility index (Phi) is 4.04. The monoisotopic (exact) mass is 322 g/mol. The Bertz CT molecular complexity index is 523. The summed E-state index contributed by atoms with van der Waals surface area (Å²) in [6.45, 7) is 8.16. The first kappa shape index (κ1) is 14.2. The van der Waals surface area contributed by atoms with Gasteiger partial charge in [0.05, 0.1) is 0 Å². The van der Waals surface area contributed by atoms with Gasteiger partial charge in [-0.15, -0.1) is 0 Å². The van der Waals surface area contributed by atoms with Gasteiger partial charge in [-0.1, -0.05) is 39.7 Å². The predicted molar refractivity (Wildman–Crippen MR) is 81.5 cm³/mol. The largest absolute Gasteiger partial charge is 0.507 e. The second kappa shape index (κ2) is 5.41. The molecular weight excluding hydrogens is 304 g/mol. The average Bonchev–Trinajstić information content (AvgIpc) is 2.27. The van der Waals surface area contributed by atoms with Crippen molar-refractivity contribution in [2.75, 3.05) is 0 Å². The van der Waals surface area contributed by atoms with Crippen LogP contribution in [0.3, 0.4) is 0 Å². The molecule has 0 radical (unpaired) electrons. The second-order valence-corrected chi connectivity index (χ2v) is 6.30. The number of rotatable bonds is 2. The molecule has 0 unspecified atom stereocenters. The molecule has 0 saturated heterocycles. The van der Waals surface area contributed by atoms with E-state index in [0.717, 1.165) is 18.4 Å². The molecule has 19 heavy (non-hydrogen) atoms. The smallest absolute Gasteiger partial charge is 0.124 e. The van der Waals surface area contributed by atoms with Gasteiger partial charge in [0.2, 0.25) is 0 Å². The van der Waals surface area contributed by atoms with Gasteiger partial charge in [-0.25, -0.2) is 0 Å². The highest BCUT2D eigenvalue weighted by atomic mass is 79.9. The van der Waals surface area contributed by atoms with E-state index in [-0.39, 0.29) is 23.3 Å². The lowest BCUT2D eigenvalue weighted by Gasteiger charge is -2.31. The number of hydrogen-bond donors (Lipinski definition) is 2. The first-order chi connectivity index (χ1) is 8.90. The first-order valence-corrected chi connectivity index (χ1v) is 7.23. The molecule has 2 rings (SSSR count). The number of halogens is 1. The van der Waals surface area contributed by atoms with Gasteiger partial charge >= 0.3 is 0 Å². The van der Waals surface area contributed by atoms with E-state index < -0.39 is 0 Å². The van der Waals surface area contributed by atoms with Crippen LogP contribution in [0.15, 0.2) is 40.4 Å². The third-order valence-electron chi connectivity index (χ3n) is 3.81. The summed E-state index contributed by atoms with van der Waals surface area (Å²) in [6.07, 6.45) is 4.20. The zero-order valence-electron chi connectivity index (χ0n) is 11.3. The number of allylic oxidation sites excluding steroid dienone is 3. The van der Waals surface area contributed by atoms with Crippen LogP contribution in [0.2, 0.25) is 0 Å². The molecule has 0 aromatic heterocycles. The molecule has 1 aliphatic rings. The van der Waals surface area contributed by atoms with Crippen molar-refractivity contribution in [3.05, 3.63) is 46.0 Å². The van der Waals surface area contributed by atoms with E-state index >= 15 is 0 Å². The average molecular weight is 323 g/mol. The Balaban J connectivity index is 2.54. The standard InChI is InChI=1S/C16H19BrO2/c1-9(2)12-5-4-10(3)6-13(12)16-14(18)7-11(17)8-15(16)19/h6-8,12-13,18-19H,1,4-5H2,2-3H3/t12-,13+/m0/s1. The number of aromatic hydroxyl groups is 2. The first-order valence-electron chi connectivity index (χ1n) is 6.44. The lowest BCUT2D eigenvalue weighted by Crippen LogP contribution is -2.17. The van der Waals surface area contributed by atoms with Crippen LogP contribution in [0.4, 0.5) is 0 Å². The van der Waals surface area contributed by atoms with Gasteiger partial charge in [-0.2, -0.15) is 0 Å². The van der Waals surface area contributed by atoms with Gasteiger partial charge in [0.1, 0.15) is 11.5 Å². The fraction of sp³-hybridized carbons (Fsp3) is 0.375. The molecule has 1 aliphatic carbocycles. The van der Waals surface area contributed by atoms with E-state index in [4.69, 9.17) is 0 Å². The quantitative estimate of drug-likeness (QED) is 0.762. The summed E-state index contributed by atoms with van der Waals surface area (Å²) >= 11 is 3.27. The molecule has 2 atom stereocenters. The Morgan fingerprint density at radius 3 is 2.42 bits per heavy atom. The Morgan fingerprint density at radius 2 is 1.89 bits per heavy atom. The van der Waals surface area contributed by atoms with Gasteiger partial charge in [0.25, 0.3) is 0 Å². The molecule has 1 aromatic carbocycles. The van der Waals surface area contributed by atoms with Gasteiger partial charge in [0, 0.05) is 16.0 Å². The maximum absolute atomic E-state index is 10.2. The molecule has 0 amide bonds. The molecule has 1 aromatic rings. The molecular formula is C16H19BrO2. The number of phenolic OH excluding ortho intramolecular Hbond substituents is 2. The van der Waals surface area contributed by atoms with Crippen LogP contribution in [0, 0.1) is 5.92 Å². The summed E-state index contributed by atoms with van der Waals surface area (Å²) in [5, 5.41) is 20.3. The molecule has 2 nitrogen and oxygen atoms in total. The minimum absolute atomic E-state index is 0.000602. The summed E-state index contributed by atoms with van der Waals surface area (Å²) < 4.78 is 0.676. The van der Waals surface area contributed by atoms with Crippen molar-refractivity contribution in [3.8, 4) is 11.5 Å². The van der Waals surface area contributed by atoms with E-state index in [0.29, 0.717) is 10.0 Å². The van der Waals surface area contributed by atoms with Gasteiger partial charge in [0.15, 0.2) is 0 Å². The van der Waals surface area contributed by atoms with Crippen molar-refractivity contribution in [2.24, 2.45) is 5.92 Å². The number of benzene rings is 1. The second-order valence-electron chi connectivity index (χ2n) is 5.39. The van der Waals surface area contributed by atoms with E-state index in [1.807, 2.05) is 6.92 Å². The molecule has 102 valence electrons. The van der Waals surface area contributed by atoms with Crippen LogP contribution >= 0.6 is 15.9 Å². The fourth-order valence-corrected chi connectivity index (χ4v) is 3.27. The van der Waals surface area contributed by atoms with Gasteiger partial charge in [-0.3, -0.25) is 0 Å². The maximum atomic E-state index is 10.2. The topological polar surface area (TPSA) is 40.5 Å². The van der Waals surface area contributed by atoms with E-state index in [1.54, 1.807) is 12.1 Å². The number of phenols is 2. The van der Waals surface area contributed by atoms with Crippen molar-refractivity contribution in [3.63, 3.8) is 0 Å². The molecule has 0 bridgehead atoms. The third-order valence-corrected chi connectivity index (χ3v) is 4.27. The molecule has 0 aliphatic heterocycles. The Labute approximate surface area is 122 Å². The zero-order chi connectivity index (χ0) is 14.2. The van der Waals surface area contributed by atoms with Crippen molar-refractivity contribution in [2.45, 2.75) is 32.6 Å². The van der Waals surface area contributed by atoms with Crippen LogP contribution in [0.5, 0.6) is 11.5 Å². The van der Waals surface area contributed by atoms with E-state index in [2.05, 4.69) is 35.5 Å². The van der Waals surface area contributed by atoms with Crippen LogP contribution in [0.1, 0.15) is 38.2 Å². The predicted octanol–water partition coefficient (Wildman–Crippen LogP) is 4.88. The summed E-state index contributed by atoms with van der Waals surface area (Å²) in [7, 11) is 0. The summed E-state index contributed by atoms with van der Waals surface area (Å²) in [5.41, 5.74) is 3.00. The number of hydrogen-bond acceptors (Lipinski definition) is 2. The highest BCUT2D eigenvalue weighted by Crippen LogP contribution is 2.46. The van der Waals surface area contributed by atoms with Crippen molar-refractivity contribution >= 4 is 15.9 Å². The van der Waals surface area contributed by atoms with Crippen LogP contribution in [-0.2, 0) is 0 Å². The van der Waals surface area contributed by atoms with Gasteiger partial charge in [-0.05, 0) is 44.7 Å². The van der Waals surface area contributed by atoms with Gasteiger partial charge < -0.3 is 10.2 Å². The molecule has 0 spiro atoms. The van der Waals surface area contributed by atoms with E-state index in [9.17, 15) is 10.2 Å². The molecule has 0 heterocycles. The lowest BCUT2D eigenvalue weighted by molar-refractivity contribution is 0.406. The van der Waals surface area contributed by atoms with Crippen molar-refractivity contribution < 1.29 is 10.2 Å². The highest BCUT2D eigenvalue weighted by Gasteiger charge is 2.29. The summed E-state index contributed by atoms with van der Waals surface area (Å²) in [4.78, 5) is 0. The van der Waals surface area contributed by atoms with Crippen LogP contribution in [0.25, 0.3) is 0 Å². The normalized spacial score (nSPS) is 23.0. The lowest BCUT2D eigenvalue weighted by atomic mass is 9.74.